The van der Waals surface area contributed by atoms with Gasteiger partial charge in [0.05, 0.1) is 28.4 Å². The number of nitrogens with zero attached hydrogens (tertiary/aromatic N) is 2. The first-order valence-corrected chi connectivity index (χ1v) is 10.9. The number of fused-ring (bicyclic) bond motifs is 1. The molecule has 2 aliphatic rings. The van der Waals surface area contributed by atoms with Crippen molar-refractivity contribution in [2.24, 2.45) is 0 Å². The normalized spacial score (nSPS) is 16.4. The van der Waals surface area contributed by atoms with Crippen molar-refractivity contribution in [2.45, 2.75) is 45.6 Å². The molecule has 0 radical (unpaired) electrons. The molecule has 0 aromatic heterocycles. The fraction of sp³-hybridized carbons (Fsp3) is 0.308. The summed E-state index contributed by atoms with van der Waals surface area (Å²) in [6.45, 7) is 11.3. The fourth-order valence-corrected chi connectivity index (χ4v) is 4.17. The summed E-state index contributed by atoms with van der Waals surface area (Å²) in [5.74, 6) is -2.44. The number of rotatable bonds is 5. The highest BCUT2D eigenvalue weighted by Crippen LogP contribution is 2.45. The van der Waals surface area contributed by atoms with Crippen LogP contribution in [-0.2, 0) is 14.3 Å². The number of esters is 1. The molecule has 7 heteroatoms. The van der Waals surface area contributed by atoms with Gasteiger partial charge in [-0.15, -0.1) is 0 Å². The van der Waals surface area contributed by atoms with Gasteiger partial charge < -0.3 is 9.64 Å². The summed E-state index contributed by atoms with van der Waals surface area (Å²) in [5.41, 5.74) is 1.48. The summed E-state index contributed by atoms with van der Waals surface area (Å²) in [6.07, 6.45) is 1.95. The van der Waals surface area contributed by atoms with Crippen molar-refractivity contribution in [3.05, 3.63) is 65.2 Å². The second kappa shape index (κ2) is 7.99. The molecule has 2 aromatic carbocycles. The summed E-state index contributed by atoms with van der Waals surface area (Å²) >= 11 is 0. The zero-order chi connectivity index (χ0) is 24.1. The lowest BCUT2D eigenvalue weighted by atomic mass is 9.90. The van der Waals surface area contributed by atoms with Crippen LogP contribution in [0.25, 0.3) is 6.08 Å². The summed E-state index contributed by atoms with van der Waals surface area (Å²) in [6, 6.07) is 10.0. The molecule has 1 atom stereocenters. The SMILES string of the molecule is C=Cc1ccc(N2CCC2=O)c(N2C(=O)c3ccccc3C2=O)c1[C@H](C)C(=O)OC(C)(C)C. The van der Waals surface area contributed by atoms with Crippen molar-refractivity contribution in [2.75, 3.05) is 16.3 Å². The number of β-lactam (4-membered cyclic amide) rings is 1. The van der Waals surface area contributed by atoms with Gasteiger partial charge in [0.1, 0.15) is 5.60 Å². The lowest BCUT2D eigenvalue weighted by Crippen LogP contribution is -2.45. The van der Waals surface area contributed by atoms with Gasteiger partial charge in [0.15, 0.2) is 0 Å². The quantitative estimate of drug-likeness (QED) is 0.388. The van der Waals surface area contributed by atoms with E-state index in [1.54, 1.807) is 70.2 Å². The van der Waals surface area contributed by atoms with Gasteiger partial charge in [0, 0.05) is 13.0 Å². The third-order valence-electron chi connectivity index (χ3n) is 5.80. The van der Waals surface area contributed by atoms with E-state index in [0.717, 1.165) is 4.90 Å². The van der Waals surface area contributed by atoms with Crippen LogP contribution >= 0.6 is 0 Å². The van der Waals surface area contributed by atoms with Gasteiger partial charge in [-0.25, -0.2) is 4.90 Å². The molecule has 0 spiro atoms. The maximum Gasteiger partial charge on any atom is 0.313 e. The highest BCUT2D eigenvalue weighted by atomic mass is 16.6. The standard InChI is InChI=1S/C26H26N2O5/c1-6-16-11-12-19(27-14-13-20(27)29)22(21(16)15(2)25(32)33-26(3,4)5)28-23(30)17-9-7-8-10-18(17)24(28)31/h6-12,15H,1,13-14H2,2-5H3/t15-/m0/s1. The van der Waals surface area contributed by atoms with Gasteiger partial charge in [-0.05, 0) is 57.0 Å². The van der Waals surface area contributed by atoms with Crippen molar-refractivity contribution >= 4 is 41.1 Å². The van der Waals surface area contributed by atoms with Gasteiger partial charge in [0.2, 0.25) is 5.91 Å². The van der Waals surface area contributed by atoms with Gasteiger partial charge in [-0.1, -0.05) is 30.9 Å². The number of hydrogen-bond donors (Lipinski definition) is 0. The minimum atomic E-state index is -0.826. The third-order valence-corrected chi connectivity index (χ3v) is 5.80. The Bertz CT molecular complexity index is 1170. The lowest BCUT2D eigenvalue weighted by molar-refractivity contribution is -0.156. The number of amides is 3. The van der Waals surface area contributed by atoms with E-state index in [1.165, 1.54) is 4.90 Å². The van der Waals surface area contributed by atoms with Crippen molar-refractivity contribution in [3.8, 4) is 0 Å². The van der Waals surface area contributed by atoms with Crippen molar-refractivity contribution < 1.29 is 23.9 Å². The number of imide groups is 1. The lowest BCUT2D eigenvalue weighted by Gasteiger charge is -2.36. The molecule has 4 rings (SSSR count). The first kappa shape index (κ1) is 22.5. The molecule has 33 heavy (non-hydrogen) atoms. The minimum Gasteiger partial charge on any atom is -0.460 e. The van der Waals surface area contributed by atoms with Crippen LogP contribution in [0.2, 0.25) is 0 Å². The predicted molar refractivity (Wildman–Crippen MR) is 125 cm³/mol. The fourth-order valence-electron chi connectivity index (χ4n) is 4.17. The zero-order valence-electron chi connectivity index (χ0n) is 19.2. The molecule has 2 aromatic rings. The van der Waals surface area contributed by atoms with Gasteiger partial charge in [0.25, 0.3) is 11.8 Å². The van der Waals surface area contributed by atoms with E-state index < -0.39 is 29.3 Å². The molecular formula is C26H26N2O5. The summed E-state index contributed by atoms with van der Waals surface area (Å²) in [5, 5.41) is 0. The van der Waals surface area contributed by atoms with E-state index in [1.807, 2.05) is 0 Å². The van der Waals surface area contributed by atoms with Crippen LogP contribution in [0.4, 0.5) is 11.4 Å². The van der Waals surface area contributed by atoms with E-state index in [0.29, 0.717) is 29.8 Å². The smallest absolute Gasteiger partial charge is 0.313 e. The van der Waals surface area contributed by atoms with Crippen LogP contribution in [-0.4, -0.2) is 35.8 Å². The minimum absolute atomic E-state index is 0.116. The largest absolute Gasteiger partial charge is 0.460 e. The van der Waals surface area contributed by atoms with Crippen molar-refractivity contribution in [3.63, 3.8) is 0 Å². The first-order chi connectivity index (χ1) is 15.5. The van der Waals surface area contributed by atoms with E-state index in [4.69, 9.17) is 4.74 Å². The number of carbonyl (C=O) groups is 4. The third kappa shape index (κ3) is 3.73. The van der Waals surface area contributed by atoms with Crippen molar-refractivity contribution in [1.29, 1.82) is 0 Å². The molecule has 1 fully saturated rings. The average Bonchev–Trinajstić information content (AvgIpc) is 3.01. The highest BCUT2D eigenvalue weighted by molar-refractivity contribution is 6.36. The second-order valence-corrected chi connectivity index (χ2v) is 9.18. The summed E-state index contributed by atoms with van der Waals surface area (Å²) in [4.78, 5) is 54.9. The number of hydrogen-bond acceptors (Lipinski definition) is 5. The Hall–Kier alpha value is -3.74. The van der Waals surface area contributed by atoms with Crippen LogP contribution < -0.4 is 9.80 Å². The van der Waals surface area contributed by atoms with Crippen LogP contribution in [0.15, 0.2) is 43.0 Å². The second-order valence-electron chi connectivity index (χ2n) is 9.18. The van der Waals surface area contributed by atoms with Crippen molar-refractivity contribution in [1.82, 2.24) is 0 Å². The molecule has 2 heterocycles. The average molecular weight is 447 g/mol. The topological polar surface area (TPSA) is 84.0 Å². The highest BCUT2D eigenvalue weighted by Gasteiger charge is 2.42. The van der Waals surface area contributed by atoms with Crippen LogP contribution in [0.5, 0.6) is 0 Å². The summed E-state index contributed by atoms with van der Waals surface area (Å²) in [7, 11) is 0. The Morgan fingerprint density at radius 1 is 1.06 bits per heavy atom. The Morgan fingerprint density at radius 2 is 1.67 bits per heavy atom. The Balaban J connectivity index is 1.95. The Kier molecular flexibility index (Phi) is 5.44. The molecule has 0 N–H and O–H groups in total. The number of benzene rings is 2. The molecule has 0 unspecified atom stereocenters. The molecule has 170 valence electrons. The molecule has 0 bridgehead atoms. The predicted octanol–water partition coefficient (Wildman–Crippen LogP) is 4.31. The van der Waals surface area contributed by atoms with Crippen LogP contribution in [0.3, 0.4) is 0 Å². The van der Waals surface area contributed by atoms with Crippen LogP contribution in [0, 0.1) is 0 Å². The van der Waals surface area contributed by atoms with Gasteiger partial charge >= 0.3 is 5.97 Å². The Morgan fingerprint density at radius 3 is 2.12 bits per heavy atom. The maximum atomic E-state index is 13.4. The molecule has 1 saturated heterocycles. The Labute approximate surface area is 192 Å². The van der Waals surface area contributed by atoms with E-state index in [2.05, 4.69) is 6.58 Å². The molecule has 7 nitrogen and oxygen atoms in total. The molecular weight excluding hydrogens is 420 g/mol. The van der Waals surface area contributed by atoms with E-state index in [-0.39, 0.29) is 22.7 Å². The monoisotopic (exact) mass is 446 g/mol. The van der Waals surface area contributed by atoms with Crippen LogP contribution in [0.1, 0.15) is 71.9 Å². The number of carbonyl (C=O) groups excluding carboxylic acids is 4. The molecule has 0 aliphatic carbocycles. The zero-order valence-corrected chi connectivity index (χ0v) is 19.2. The van der Waals surface area contributed by atoms with Gasteiger partial charge in [-0.2, -0.15) is 0 Å². The van der Waals surface area contributed by atoms with Gasteiger partial charge in [-0.3, -0.25) is 19.2 Å². The van der Waals surface area contributed by atoms with E-state index >= 15 is 0 Å². The molecule has 0 saturated carbocycles. The molecule has 2 aliphatic heterocycles. The van der Waals surface area contributed by atoms with E-state index in [9.17, 15) is 19.2 Å². The number of anilines is 2. The number of ether oxygens (including phenoxy) is 1. The summed E-state index contributed by atoms with van der Waals surface area (Å²) < 4.78 is 5.61. The molecule has 3 amide bonds. The maximum absolute atomic E-state index is 13.4. The first-order valence-electron chi connectivity index (χ1n) is 10.9.